The molecule has 0 aromatic carbocycles. The van der Waals surface area contributed by atoms with Gasteiger partial charge in [0.15, 0.2) is 11.6 Å². The first kappa shape index (κ1) is 16.1. The molecule has 0 radical (unpaired) electrons. The lowest BCUT2D eigenvalue weighted by Gasteiger charge is -2.13. The van der Waals surface area contributed by atoms with Crippen molar-refractivity contribution in [3.63, 3.8) is 0 Å². The van der Waals surface area contributed by atoms with Crippen LogP contribution in [0.4, 0.5) is 0 Å². The Balaban J connectivity index is 1.97. The minimum atomic E-state index is -1.64. The maximum absolute atomic E-state index is 11.9. The summed E-state index contributed by atoms with van der Waals surface area (Å²) in [4.78, 5) is 26.0. The highest BCUT2D eigenvalue weighted by Gasteiger charge is 2.27. The summed E-state index contributed by atoms with van der Waals surface area (Å²) < 4.78 is 0. The summed E-state index contributed by atoms with van der Waals surface area (Å²) in [5, 5.41) is 31.8. The van der Waals surface area contributed by atoms with Crippen LogP contribution in [0.5, 0.6) is 0 Å². The standard InChI is InChI=1S/C12H16BN5O4/c1-7(19)11-3-2-9(14-11)4-8(13(21)22)5-10(20)6-12-15-17-18-16-12/h2-3,8,14,21-22H,4-6H2,1H3,(H,15,16,17,18)/t8-/m1/s1. The van der Waals surface area contributed by atoms with E-state index >= 15 is 0 Å². The third kappa shape index (κ3) is 4.33. The van der Waals surface area contributed by atoms with Gasteiger partial charge in [0.25, 0.3) is 0 Å². The average molecular weight is 305 g/mol. The van der Waals surface area contributed by atoms with Gasteiger partial charge in [-0.3, -0.25) is 9.59 Å². The summed E-state index contributed by atoms with van der Waals surface area (Å²) in [5.74, 6) is -0.758. The van der Waals surface area contributed by atoms with Gasteiger partial charge in [0, 0.05) is 24.9 Å². The molecule has 2 heterocycles. The molecule has 0 bridgehead atoms. The molecular weight excluding hydrogens is 289 g/mol. The van der Waals surface area contributed by atoms with Crippen molar-refractivity contribution < 1.29 is 19.6 Å². The van der Waals surface area contributed by atoms with Gasteiger partial charge in [0.2, 0.25) is 0 Å². The zero-order valence-electron chi connectivity index (χ0n) is 12.0. The number of rotatable bonds is 8. The number of nitrogens with one attached hydrogen (secondary N) is 2. The van der Waals surface area contributed by atoms with E-state index in [1.54, 1.807) is 12.1 Å². The molecule has 0 amide bonds. The van der Waals surface area contributed by atoms with Crippen molar-refractivity contribution >= 4 is 18.7 Å². The second-order valence-corrected chi connectivity index (χ2v) is 5.08. The lowest BCUT2D eigenvalue weighted by Crippen LogP contribution is -2.25. The molecule has 116 valence electrons. The fraction of sp³-hybridized carbons (Fsp3) is 0.417. The van der Waals surface area contributed by atoms with Crippen LogP contribution in [0, 0.1) is 0 Å². The first-order valence-corrected chi connectivity index (χ1v) is 6.74. The largest absolute Gasteiger partial charge is 0.455 e. The fourth-order valence-corrected chi connectivity index (χ4v) is 2.13. The minimum Gasteiger partial charge on any atom is -0.427 e. The van der Waals surface area contributed by atoms with Crippen molar-refractivity contribution in [1.29, 1.82) is 0 Å². The molecule has 2 rings (SSSR count). The summed E-state index contributed by atoms with van der Waals surface area (Å²) in [7, 11) is -1.64. The average Bonchev–Trinajstić information content (AvgIpc) is 3.09. The number of carbonyl (C=O) groups is 2. The van der Waals surface area contributed by atoms with E-state index in [4.69, 9.17) is 0 Å². The normalized spacial score (nSPS) is 12.1. The number of H-pyrrole nitrogens is 2. The molecule has 0 fully saturated rings. The number of aromatic amines is 2. The molecule has 0 saturated heterocycles. The predicted molar refractivity (Wildman–Crippen MR) is 75.9 cm³/mol. The van der Waals surface area contributed by atoms with Crippen molar-refractivity contribution in [2.45, 2.75) is 32.0 Å². The van der Waals surface area contributed by atoms with Gasteiger partial charge in [-0.15, -0.1) is 10.2 Å². The van der Waals surface area contributed by atoms with Crippen LogP contribution < -0.4 is 0 Å². The molecule has 0 unspecified atom stereocenters. The number of Topliss-reactive ketones (excluding diaryl/α,β-unsaturated/α-hetero) is 2. The zero-order valence-corrected chi connectivity index (χ0v) is 12.0. The Morgan fingerprint density at radius 2 is 2.14 bits per heavy atom. The lowest BCUT2D eigenvalue weighted by atomic mass is 9.67. The Hall–Kier alpha value is -2.33. The summed E-state index contributed by atoms with van der Waals surface area (Å²) in [5.41, 5.74) is 1.11. The highest BCUT2D eigenvalue weighted by Crippen LogP contribution is 2.20. The highest BCUT2D eigenvalue weighted by molar-refractivity contribution is 6.43. The van der Waals surface area contributed by atoms with Crippen LogP contribution in [0.1, 0.15) is 35.4 Å². The monoisotopic (exact) mass is 305 g/mol. The quantitative estimate of drug-likeness (QED) is 0.373. The number of ketones is 2. The van der Waals surface area contributed by atoms with E-state index in [2.05, 4.69) is 25.6 Å². The number of hydrogen-bond donors (Lipinski definition) is 4. The molecule has 2 aromatic rings. The molecule has 1 atom stereocenters. The molecule has 4 N–H and O–H groups in total. The van der Waals surface area contributed by atoms with E-state index in [0.717, 1.165) is 0 Å². The summed E-state index contributed by atoms with van der Waals surface area (Å²) in [6.07, 6.45) is 0.173. The molecule has 9 nitrogen and oxygen atoms in total. The Bertz CT molecular complexity index is 640. The van der Waals surface area contributed by atoms with Crippen molar-refractivity contribution in [3.05, 3.63) is 29.3 Å². The van der Waals surface area contributed by atoms with Crippen molar-refractivity contribution in [2.24, 2.45) is 0 Å². The van der Waals surface area contributed by atoms with Gasteiger partial charge in [-0.25, -0.2) is 0 Å². The van der Waals surface area contributed by atoms with Crippen LogP contribution in [0.15, 0.2) is 12.1 Å². The van der Waals surface area contributed by atoms with Crippen LogP contribution in [0.3, 0.4) is 0 Å². The smallest absolute Gasteiger partial charge is 0.427 e. The van der Waals surface area contributed by atoms with Crippen LogP contribution in [-0.4, -0.2) is 54.3 Å². The number of hydrogen-bond acceptors (Lipinski definition) is 7. The fourth-order valence-electron chi connectivity index (χ4n) is 2.13. The van der Waals surface area contributed by atoms with E-state index in [0.29, 0.717) is 11.4 Å². The van der Waals surface area contributed by atoms with Crippen LogP contribution in [0.25, 0.3) is 0 Å². The zero-order chi connectivity index (χ0) is 16.1. The van der Waals surface area contributed by atoms with Crippen molar-refractivity contribution in [1.82, 2.24) is 25.6 Å². The highest BCUT2D eigenvalue weighted by atomic mass is 16.4. The maximum Gasteiger partial charge on any atom is 0.455 e. The molecule has 22 heavy (non-hydrogen) atoms. The molecule has 0 aliphatic carbocycles. The number of nitrogens with zero attached hydrogens (tertiary/aromatic N) is 3. The van der Waals surface area contributed by atoms with Crippen molar-refractivity contribution in [2.75, 3.05) is 0 Å². The van der Waals surface area contributed by atoms with E-state index in [1.807, 2.05) is 0 Å². The van der Waals surface area contributed by atoms with Crippen LogP contribution in [0.2, 0.25) is 5.82 Å². The van der Waals surface area contributed by atoms with E-state index in [9.17, 15) is 19.6 Å². The minimum absolute atomic E-state index is 0.0247. The van der Waals surface area contributed by atoms with Gasteiger partial charge >= 0.3 is 7.12 Å². The van der Waals surface area contributed by atoms with Crippen molar-refractivity contribution in [3.8, 4) is 0 Å². The Kier molecular flexibility index (Phi) is 5.18. The van der Waals surface area contributed by atoms with Gasteiger partial charge in [-0.1, -0.05) is 5.21 Å². The molecule has 2 aromatic heterocycles. The number of aromatic nitrogens is 5. The van der Waals surface area contributed by atoms with Crippen LogP contribution in [-0.2, 0) is 17.6 Å². The second-order valence-electron chi connectivity index (χ2n) is 5.08. The maximum atomic E-state index is 11.9. The molecule has 0 saturated carbocycles. The van der Waals surface area contributed by atoms with E-state index in [-0.39, 0.29) is 36.7 Å². The van der Waals surface area contributed by atoms with Gasteiger partial charge in [0.05, 0.1) is 12.1 Å². The van der Waals surface area contributed by atoms with Gasteiger partial charge < -0.3 is 15.0 Å². The SMILES string of the molecule is CC(=O)c1ccc(C[C@H](CC(=O)Cc2nn[nH]n2)B(O)O)[nH]1. The Labute approximate surface area is 126 Å². The summed E-state index contributed by atoms with van der Waals surface area (Å²) in [6.45, 7) is 1.43. The van der Waals surface area contributed by atoms with E-state index in [1.165, 1.54) is 6.92 Å². The number of carbonyl (C=O) groups excluding carboxylic acids is 2. The van der Waals surface area contributed by atoms with Gasteiger partial charge in [0.1, 0.15) is 5.78 Å². The summed E-state index contributed by atoms with van der Waals surface area (Å²) >= 11 is 0. The molecule has 0 spiro atoms. The second kappa shape index (κ2) is 7.10. The Morgan fingerprint density at radius 1 is 1.36 bits per heavy atom. The first-order valence-electron chi connectivity index (χ1n) is 6.74. The Morgan fingerprint density at radius 3 is 2.68 bits per heavy atom. The van der Waals surface area contributed by atoms with Gasteiger partial charge in [-0.2, -0.15) is 5.21 Å². The van der Waals surface area contributed by atoms with Crippen LogP contribution >= 0.6 is 0 Å². The molecule has 10 heteroatoms. The topological polar surface area (TPSA) is 145 Å². The first-order chi connectivity index (χ1) is 10.5. The third-order valence-corrected chi connectivity index (χ3v) is 3.26. The predicted octanol–water partition coefficient (Wildman–Crippen LogP) is -0.682. The lowest BCUT2D eigenvalue weighted by molar-refractivity contribution is -0.118. The van der Waals surface area contributed by atoms with E-state index < -0.39 is 12.9 Å². The third-order valence-electron chi connectivity index (χ3n) is 3.26. The molecular formula is C12H16BN5O4. The van der Waals surface area contributed by atoms with Gasteiger partial charge in [-0.05, 0) is 18.6 Å². The number of tetrazole rings is 1. The summed E-state index contributed by atoms with van der Waals surface area (Å²) in [6, 6.07) is 3.31. The molecule has 0 aliphatic heterocycles. The molecule has 0 aliphatic rings.